The Morgan fingerprint density at radius 2 is 1.68 bits per heavy atom. The minimum absolute atomic E-state index is 0.116. The van der Waals surface area contributed by atoms with Gasteiger partial charge in [-0.05, 0) is 25.0 Å². The predicted octanol–water partition coefficient (Wildman–Crippen LogP) is 1.22. The maximum absolute atomic E-state index is 12.3. The Morgan fingerprint density at radius 1 is 1.11 bits per heavy atom. The highest BCUT2D eigenvalue weighted by molar-refractivity contribution is 6.22. The van der Waals surface area contributed by atoms with Gasteiger partial charge in [0, 0.05) is 0 Å². The van der Waals surface area contributed by atoms with Gasteiger partial charge in [0.25, 0.3) is 11.8 Å². The SMILES string of the molecule is Cc1ccc(C)c2c1C(=O)N(Cc1ncn[nH]1)C2=O. The first-order chi connectivity index (χ1) is 9.09. The average Bonchev–Trinajstić information content (AvgIpc) is 2.97. The van der Waals surface area contributed by atoms with Gasteiger partial charge in [-0.25, -0.2) is 4.98 Å². The number of carbonyl (C=O) groups excluding carboxylic acids is 2. The quantitative estimate of drug-likeness (QED) is 0.819. The summed E-state index contributed by atoms with van der Waals surface area (Å²) in [6, 6.07) is 3.72. The molecule has 6 nitrogen and oxygen atoms in total. The van der Waals surface area contributed by atoms with E-state index in [9.17, 15) is 9.59 Å². The van der Waals surface area contributed by atoms with Crippen molar-refractivity contribution >= 4 is 11.8 Å². The minimum Gasteiger partial charge on any atom is -0.269 e. The molecule has 2 aromatic rings. The van der Waals surface area contributed by atoms with Crippen LogP contribution in [0.15, 0.2) is 18.5 Å². The number of aromatic amines is 1. The summed E-state index contributed by atoms with van der Waals surface area (Å²) in [6.45, 7) is 3.79. The van der Waals surface area contributed by atoms with E-state index in [0.29, 0.717) is 17.0 Å². The molecule has 0 radical (unpaired) electrons. The number of rotatable bonds is 2. The van der Waals surface area contributed by atoms with Crippen LogP contribution in [0.4, 0.5) is 0 Å². The highest BCUT2D eigenvalue weighted by Gasteiger charge is 2.38. The van der Waals surface area contributed by atoms with Crippen LogP contribution in [0.3, 0.4) is 0 Å². The third kappa shape index (κ3) is 1.64. The maximum atomic E-state index is 12.3. The summed E-state index contributed by atoms with van der Waals surface area (Å²) in [4.78, 5) is 29.8. The van der Waals surface area contributed by atoms with Gasteiger partial charge in [-0.3, -0.25) is 19.6 Å². The lowest BCUT2D eigenvalue weighted by atomic mass is 9.99. The Bertz CT molecular complexity index is 635. The third-order valence-corrected chi connectivity index (χ3v) is 3.31. The first-order valence-electron chi connectivity index (χ1n) is 5.90. The zero-order valence-corrected chi connectivity index (χ0v) is 10.6. The Hall–Kier alpha value is -2.50. The Morgan fingerprint density at radius 3 is 2.16 bits per heavy atom. The lowest BCUT2D eigenvalue weighted by molar-refractivity contribution is 0.0638. The molecule has 0 saturated carbocycles. The second-order valence-corrected chi connectivity index (χ2v) is 4.58. The maximum Gasteiger partial charge on any atom is 0.262 e. The van der Waals surface area contributed by atoms with Crippen LogP contribution in [0.25, 0.3) is 0 Å². The molecule has 0 aliphatic carbocycles. The molecular weight excluding hydrogens is 244 g/mol. The summed E-state index contributed by atoms with van der Waals surface area (Å²) >= 11 is 0. The van der Waals surface area contributed by atoms with Gasteiger partial charge in [0.15, 0.2) is 0 Å². The van der Waals surface area contributed by atoms with Crippen molar-refractivity contribution in [3.05, 3.63) is 46.5 Å². The van der Waals surface area contributed by atoms with Crippen LogP contribution < -0.4 is 0 Å². The van der Waals surface area contributed by atoms with E-state index in [1.165, 1.54) is 11.2 Å². The fraction of sp³-hybridized carbons (Fsp3) is 0.231. The summed E-state index contributed by atoms with van der Waals surface area (Å²) in [6.07, 6.45) is 1.35. The van der Waals surface area contributed by atoms with Gasteiger partial charge in [0.1, 0.15) is 12.2 Å². The van der Waals surface area contributed by atoms with Crippen molar-refractivity contribution in [2.75, 3.05) is 0 Å². The van der Waals surface area contributed by atoms with Crippen LogP contribution in [0, 0.1) is 13.8 Å². The molecule has 0 atom stereocenters. The third-order valence-electron chi connectivity index (χ3n) is 3.31. The number of H-pyrrole nitrogens is 1. The molecule has 1 aliphatic rings. The molecule has 3 rings (SSSR count). The van der Waals surface area contributed by atoms with Gasteiger partial charge in [-0.2, -0.15) is 5.10 Å². The highest BCUT2D eigenvalue weighted by atomic mass is 16.2. The van der Waals surface area contributed by atoms with E-state index in [4.69, 9.17) is 0 Å². The molecule has 1 aromatic heterocycles. The van der Waals surface area contributed by atoms with E-state index in [1.807, 2.05) is 26.0 Å². The highest BCUT2D eigenvalue weighted by Crippen LogP contribution is 2.29. The minimum atomic E-state index is -0.266. The van der Waals surface area contributed by atoms with Crippen molar-refractivity contribution in [3.8, 4) is 0 Å². The molecular formula is C13H12N4O2. The average molecular weight is 256 g/mol. The molecule has 0 spiro atoms. The lowest BCUT2D eigenvalue weighted by Crippen LogP contribution is -2.29. The molecule has 0 fully saturated rings. The van der Waals surface area contributed by atoms with E-state index in [1.54, 1.807) is 0 Å². The molecule has 1 N–H and O–H groups in total. The first-order valence-corrected chi connectivity index (χ1v) is 5.90. The summed E-state index contributed by atoms with van der Waals surface area (Å²) in [5, 5.41) is 6.37. The van der Waals surface area contributed by atoms with Crippen molar-refractivity contribution in [1.29, 1.82) is 0 Å². The number of imide groups is 1. The van der Waals surface area contributed by atoms with Crippen LogP contribution in [-0.2, 0) is 6.54 Å². The monoisotopic (exact) mass is 256 g/mol. The summed E-state index contributed by atoms with van der Waals surface area (Å²) in [5.74, 6) is -0.0417. The number of benzene rings is 1. The lowest BCUT2D eigenvalue weighted by Gasteiger charge is -2.11. The summed E-state index contributed by atoms with van der Waals surface area (Å²) in [7, 11) is 0. The van der Waals surface area contributed by atoms with Crippen LogP contribution in [0.2, 0.25) is 0 Å². The Kier molecular flexibility index (Phi) is 2.45. The van der Waals surface area contributed by atoms with Crippen LogP contribution in [-0.4, -0.2) is 31.9 Å². The molecule has 0 saturated heterocycles. The van der Waals surface area contributed by atoms with Crippen molar-refractivity contribution in [2.24, 2.45) is 0 Å². The number of nitrogens with zero attached hydrogens (tertiary/aromatic N) is 3. The van der Waals surface area contributed by atoms with Gasteiger partial charge >= 0.3 is 0 Å². The fourth-order valence-electron chi connectivity index (χ4n) is 2.32. The molecule has 96 valence electrons. The van der Waals surface area contributed by atoms with Crippen molar-refractivity contribution in [2.45, 2.75) is 20.4 Å². The largest absolute Gasteiger partial charge is 0.269 e. The number of carbonyl (C=O) groups is 2. The zero-order chi connectivity index (χ0) is 13.6. The van der Waals surface area contributed by atoms with E-state index in [-0.39, 0.29) is 18.4 Å². The number of nitrogens with one attached hydrogen (secondary N) is 1. The molecule has 0 bridgehead atoms. The second-order valence-electron chi connectivity index (χ2n) is 4.58. The smallest absolute Gasteiger partial charge is 0.262 e. The number of aromatic nitrogens is 3. The molecule has 1 aromatic carbocycles. The number of fused-ring (bicyclic) bond motifs is 1. The normalized spacial score (nSPS) is 14.1. The van der Waals surface area contributed by atoms with Crippen LogP contribution in [0.1, 0.15) is 37.7 Å². The van der Waals surface area contributed by atoms with Crippen molar-refractivity contribution in [3.63, 3.8) is 0 Å². The zero-order valence-electron chi connectivity index (χ0n) is 10.6. The van der Waals surface area contributed by atoms with E-state index < -0.39 is 0 Å². The molecule has 2 amide bonds. The van der Waals surface area contributed by atoms with E-state index in [2.05, 4.69) is 15.2 Å². The molecule has 6 heteroatoms. The molecule has 1 aliphatic heterocycles. The van der Waals surface area contributed by atoms with Crippen molar-refractivity contribution < 1.29 is 9.59 Å². The predicted molar refractivity (Wildman–Crippen MR) is 66.5 cm³/mol. The summed E-state index contributed by atoms with van der Waals surface area (Å²) in [5.41, 5.74) is 2.65. The second kappa shape index (κ2) is 4.01. The van der Waals surface area contributed by atoms with E-state index >= 15 is 0 Å². The number of aryl methyl sites for hydroxylation is 2. The molecule has 19 heavy (non-hydrogen) atoms. The van der Waals surface area contributed by atoms with E-state index in [0.717, 1.165) is 11.1 Å². The number of hydrogen-bond donors (Lipinski definition) is 1. The first kappa shape index (κ1) is 11.6. The van der Waals surface area contributed by atoms with Gasteiger partial charge in [-0.15, -0.1) is 0 Å². The van der Waals surface area contributed by atoms with Crippen LogP contribution >= 0.6 is 0 Å². The Labute approximate surface area is 109 Å². The van der Waals surface area contributed by atoms with Gasteiger partial charge in [0.05, 0.1) is 17.7 Å². The Balaban J connectivity index is 2.05. The number of amides is 2. The topological polar surface area (TPSA) is 79.0 Å². The molecule has 2 heterocycles. The standard InChI is InChI=1S/C13H12N4O2/c1-7-3-4-8(2)11-10(7)12(18)17(13(11)19)5-9-14-6-15-16-9/h3-4,6H,5H2,1-2H3,(H,14,15,16). The van der Waals surface area contributed by atoms with Crippen LogP contribution in [0.5, 0.6) is 0 Å². The fourth-order valence-corrected chi connectivity index (χ4v) is 2.32. The summed E-state index contributed by atoms with van der Waals surface area (Å²) < 4.78 is 0. The van der Waals surface area contributed by atoms with Gasteiger partial charge in [-0.1, -0.05) is 12.1 Å². The molecule has 0 unspecified atom stereocenters. The number of hydrogen-bond acceptors (Lipinski definition) is 4. The van der Waals surface area contributed by atoms with Gasteiger partial charge in [0.2, 0.25) is 0 Å². The van der Waals surface area contributed by atoms with Crippen molar-refractivity contribution in [1.82, 2.24) is 20.1 Å². The van der Waals surface area contributed by atoms with Gasteiger partial charge < -0.3 is 0 Å².